The Bertz CT molecular complexity index is 373. The van der Waals surface area contributed by atoms with Crippen molar-refractivity contribution < 1.29 is 4.39 Å². The Morgan fingerprint density at radius 2 is 1.71 bits per heavy atom. The number of halogens is 1. The van der Waals surface area contributed by atoms with Gasteiger partial charge in [-0.25, -0.2) is 4.39 Å². The van der Waals surface area contributed by atoms with Crippen molar-refractivity contribution in [2.75, 3.05) is 7.05 Å². The van der Waals surface area contributed by atoms with Gasteiger partial charge in [0.1, 0.15) is 5.82 Å². The molecule has 17 heavy (non-hydrogen) atoms. The largest absolute Gasteiger partial charge is 0.313 e. The van der Waals surface area contributed by atoms with E-state index in [1.807, 2.05) is 20.9 Å². The summed E-state index contributed by atoms with van der Waals surface area (Å²) in [4.78, 5) is 0. The summed E-state index contributed by atoms with van der Waals surface area (Å²) in [5, 5.41) is 3.39. The fourth-order valence-corrected chi connectivity index (χ4v) is 2.51. The average molecular weight is 237 g/mol. The summed E-state index contributed by atoms with van der Waals surface area (Å²) in [6, 6.07) is 3.50. The van der Waals surface area contributed by atoms with Crippen molar-refractivity contribution in [3.63, 3.8) is 0 Å². The lowest BCUT2D eigenvalue weighted by Crippen LogP contribution is -2.32. The number of hydrogen-bond acceptors (Lipinski definition) is 1. The van der Waals surface area contributed by atoms with Gasteiger partial charge in [0.2, 0.25) is 0 Å². The van der Waals surface area contributed by atoms with Crippen LogP contribution in [0.15, 0.2) is 12.1 Å². The lowest BCUT2D eigenvalue weighted by molar-refractivity contribution is 0.244. The molecule has 1 atom stereocenters. The molecule has 0 aliphatic heterocycles. The molecule has 0 radical (unpaired) electrons. The number of rotatable bonds is 4. The quantitative estimate of drug-likeness (QED) is 0.830. The lowest BCUT2D eigenvalue weighted by Gasteiger charge is -2.35. The third-order valence-corrected chi connectivity index (χ3v) is 3.83. The van der Waals surface area contributed by atoms with E-state index in [4.69, 9.17) is 0 Å². The van der Waals surface area contributed by atoms with Gasteiger partial charge in [-0.15, -0.1) is 0 Å². The highest BCUT2D eigenvalue weighted by atomic mass is 19.1. The van der Waals surface area contributed by atoms with Crippen LogP contribution in [0.4, 0.5) is 4.39 Å². The molecule has 0 heterocycles. The molecule has 1 rings (SSSR count). The second-order valence-electron chi connectivity index (χ2n) is 5.52. The van der Waals surface area contributed by atoms with E-state index in [1.165, 1.54) is 5.56 Å². The summed E-state index contributed by atoms with van der Waals surface area (Å²) < 4.78 is 13.3. The molecule has 0 saturated heterocycles. The molecule has 0 saturated carbocycles. The van der Waals surface area contributed by atoms with E-state index < -0.39 is 0 Å². The first-order valence-corrected chi connectivity index (χ1v) is 6.27. The van der Waals surface area contributed by atoms with Gasteiger partial charge >= 0.3 is 0 Å². The Morgan fingerprint density at radius 1 is 1.24 bits per heavy atom. The van der Waals surface area contributed by atoms with Gasteiger partial charge in [-0.05, 0) is 61.6 Å². The van der Waals surface area contributed by atoms with Gasteiger partial charge in [0.15, 0.2) is 0 Å². The lowest BCUT2D eigenvalue weighted by atomic mass is 9.76. The van der Waals surface area contributed by atoms with Gasteiger partial charge in [-0.3, -0.25) is 0 Å². The van der Waals surface area contributed by atoms with Crippen LogP contribution in [-0.4, -0.2) is 7.05 Å². The first-order valence-electron chi connectivity index (χ1n) is 6.27. The Morgan fingerprint density at radius 3 is 2.06 bits per heavy atom. The summed E-state index contributed by atoms with van der Waals surface area (Å²) in [7, 11) is 1.98. The molecular weight excluding hydrogens is 213 g/mol. The highest BCUT2D eigenvalue weighted by molar-refractivity contribution is 5.37. The zero-order valence-corrected chi connectivity index (χ0v) is 11.8. The van der Waals surface area contributed by atoms with Gasteiger partial charge < -0.3 is 5.32 Å². The predicted molar refractivity (Wildman–Crippen MR) is 71.7 cm³/mol. The van der Waals surface area contributed by atoms with Gasteiger partial charge in [0, 0.05) is 6.04 Å². The maximum absolute atomic E-state index is 13.3. The summed E-state index contributed by atoms with van der Waals surface area (Å²) in [6.45, 7) is 10.7. The molecule has 0 aliphatic rings. The smallest absolute Gasteiger partial charge is 0.123 e. The number of aryl methyl sites for hydroxylation is 2. The Kier molecular flexibility index (Phi) is 4.31. The molecule has 1 aromatic carbocycles. The molecule has 1 N–H and O–H groups in total. The normalized spacial score (nSPS) is 13.8. The van der Waals surface area contributed by atoms with Gasteiger partial charge in [-0.1, -0.05) is 20.8 Å². The number of nitrogens with one attached hydrogen (secondary N) is 1. The molecule has 0 amide bonds. The van der Waals surface area contributed by atoms with Crippen LogP contribution < -0.4 is 5.32 Å². The summed E-state index contributed by atoms with van der Waals surface area (Å²) in [5.74, 6) is -0.145. The average Bonchev–Trinajstić information content (AvgIpc) is 2.22. The SMILES string of the molecule is CCC(C)(C)C(NC)c1c(C)cc(F)cc1C. The molecule has 1 unspecified atom stereocenters. The minimum absolute atomic E-state index is 0.145. The molecule has 1 nitrogen and oxygen atoms in total. The van der Waals surface area contributed by atoms with E-state index in [0.29, 0.717) is 0 Å². The maximum atomic E-state index is 13.3. The van der Waals surface area contributed by atoms with Crippen LogP contribution in [-0.2, 0) is 0 Å². The topological polar surface area (TPSA) is 12.0 Å². The second kappa shape index (κ2) is 5.18. The van der Waals surface area contributed by atoms with Crippen LogP contribution in [0.2, 0.25) is 0 Å². The predicted octanol–water partition coefficient (Wildman–Crippen LogP) is 4.14. The molecule has 2 heteroatoms. The molecule has 0 bridgehead atoms. The Hall–Kier alpha value is -0.890. The van der Waals surface area contributed by atoms with Crippen molar-refractivity contribution in [2.24, 2.45) is 5.41 Å². The number of benzene rings is 1. The highest BCUT2D eigenvalue weighted by Gasteiger charge is 2.30. The molecular formula is C15H24FN. The second-order valence-corrected chi connectivity index (χ2v) is 5.52. The Balaban J connectivity index is 3.31. The standard InChI is InChI=1S/C15H24FN/c1-7-15(4,5)14(17-6)13-10(2)8-12(16)9-11(13)3/h8-9,14,17H,7H2,1-6H3. The highest BCUT2D eigenvalue weighted by Crippen LogP contribution is 2.38. The van der Waals surface area contributed by atoms with E-state index in [0.717, 1.165) is 17.5 Å². The Labute approximate surface area is 104 Å². The summed E-state index contributed by atoms with van der Waals surface area (Å²) in [6.07, 6.45) is 1.08. The fourth-order valence-electron chi connectivity index (χ4n) is 2.51. The third kappa shape index (κ3) is 2.86. The van der Waals surface area contributed by atoms with Gasteiger partial charge in [-0.2, -0.15) is 0 Å². The van der Waals surface area contributed by atoms with Crippen molar-refractivity contribution in [1.29, 1.82) is 0 Å². The molecule has 0 fully saturated rings. The molecule has 0 spiro atoms. The zero-order chi connectivity index (χ0) is 13.2. The number of hydrogen-bond donors (Lipinski definition) is 1. The van der Waals surface area contributed by atoms with E-state index in [1.54, 1.807) is 12.1 Å². The maximum Gasteiger partial charge on any atom is 0.123 e. The molecule has 1 aromatic rings. The van der Waals surface area contributed by atoms with Crippen molar-refractivity contribution >= 4 is 0 Å². The van der Waals surface area contributed by atoms with Crippen LogP contribution in [0.25, 0.3) is 0 Å². The van der Waals surface area contributed by atoms with Crippen LogP contribution >= 0.6 is 0 Å². The van der Waals surface area contributed by atoms with E-state index in [9.17, 15) is 4.39 Å². The third-order valence-electron chi connectivity index (χ3n) is 3.83. The van der Waals surface area contributed by atoms with Crippen molar-refractivity contribution in [2.45, 2.75) is 47.1 Å². The van der Waals surface area contributed by atoms with E-state index in [2.05, 4.69) is 26.1 Å². The molecule has 0 aliphatic carbocycles. The fraction of sp³-hybridized carbons (Fsp3) is 0.600. The van der Waals surface area contributed by atoms with Crippen LogP contribution in [0.5, 0.6) is 0 Å². The minimum atomic E-state index is -0.145. The first kappa shape index (κ1) is 14.2. The minimum Gasteiger partial charge on any atom is -0.313 e. The monoisotopic (exact) mass is 237 g/mol. The van der Waals surface area contributed by atoms with Crippen LogP contribution in [0.3, 0.4) is 0 Å². The van der Waals surface area contributed by atoms with Crippen molar-refractivity contribution in [3.05, 3.63) is 34.6 Å². The van der Waals surface area contributed by atoms with Crippen molar-refractivity contribution in [3.8, 4) is 0 Å². The van der Waals surface area contributed by atoms with Gasteiger partial charge in [0.25, 0.3) is 0 Å². The summed E-state index contributed by atoms with van der Waals surface area (Å²) in [5.41, 5.74) is 3.45. The van der Waals surface area contributed by atoms with E-state index >= 15 is 0 Å². The van der Waals surface area contributed by atoms with E-state index in [-0.39, 0.29) is 17.3 Å². The van der Waals surface area contributed by atoms with Crippen LogP contribution in [0.1, 0.15) is 49.9 Å². The van der Waals surface area contributed by atoms with Crippen LogP contribution in [0, 0.1) is 25.1 Å². The zero-order valence-electron chi connectivity index (χ0n) is 11.8. The summed E-state index contributed by atoms with van der Waals surface area (Å²) >= 11 is 0. The molecule has 96 valence electrons. The van der Waals surface area contributed by atoms with Crippen molar-refractivity contribution in [1.82, 2.24) is 5.32 Å². The molecule has 0 aromatic heterocycles. The van der Waals surface area contributed by atoms with Gasteiger partial charge in [0.05, 0.1) is 0 Å². The first-order chi connectivity index (χ1) is 7.83.